The summed E-state index contributed by atoms with van der Waals surface area (Å²) in [6, 6.07) is 8.74. The van der Waals surface area contributed by atoms with Crippen molar-refractivity contribution in [3.63, 3.8) is 0 Å². The summed E-state index contributed by atoms with van der Waals surface area (Å²) in [6.07, 6.45) is 6.86. The molecule has 0 spiro atoms. The third-order valence-corrected chi connectivity index (χ3v) is 3.30. The Hall–Kier alpha value is -0.820. The third kappa shape index (κ3) is 7.50. The van der Waals surface area contributed by atoms with Crippen LogP contribution >= 0.6 is 0 Å². The highest BCUT2D eigenvalue weighted by molar-refractivity contribution is 5.21. The maximum absolute atomic E-state index is 3.53. The van der Waals surface area contributed by atoms with Crippen molar-refractivity contribution in [2.75, 3.05) is 6.54 Å². The quantitative estimate of drug-likeness (QED) is 0.624. The average molecular weight is 247 g/mol. The van der Waals surface area contributed by atoms with E-state index in [1.807, 2.05) is 0 Å². The van der Waals surface area contributed by atoms with Crippen LogP contribution in [0.2, 0.25) is 0 Å². The molecule has 0 aliphatic rings. The lowest BCUT2D eigenvalue weighted by Crippen LogP contribution is -2.14. The minimum absolute atomic E-state index is 0.865. The van der Waals surface area contributed by atoms with Crippen LogP contribution in [0.25, 0.3) is 0 Å². The van der Waals surface area contributed by atoms with Gasteiger partial charge in [0.05, 0.1) is 0 Å². The molecule has 1 aromatic carbocycles. The lowest BCUT2D eigenvalue weighted by Gasteiger charge is -2.06. The normalized spacial score (nSPS) is 11.1. The summed E-state index contributed by atoms with van der Waals surface area (Å²) >= 11 is 0. The zero-order valence-corrected chi connectivity index (χ0v) is 12.3. The maximum Gasteiger partial charge on any atom is 0.0205 e. The van der Waals surface area contributed by atoms with Crippen LogP contribution in [-0.4, -0.2) is 6.54 Å². The van der Waals surface area contributed by atoms with Crippen LogP contribution in [0.4, 0.5) is 0 Å². The third-order valence-electron chi connectivity index (χ3n) is 3.30. The van der Waals surface area contributed by atoms with Gasteiger partial charge in [0.2, 0.25) is 0 Å². The fourth-order valence-electron chi connectivity index (χ4n) is 2.21. The summed E-state index contributed by atoms with van der Waals surface area (Å²) < 4.78 is 0. The van der Waals surface area contributed by atoms with Crippen LogP contribution in [0, 0.1) is 12.8 Å². The van der Waals surface area contributed by atoms with Crippen molar-refractivity contribution in [1.29, 1.82) is 0 Å². The van der Waals surface area contributed by atoms with Crippen molar-refractivity contribution in [2.45, 2.75) is 59.4 Å². The standard InChI is InChI=1S/C17H29N/c1-15(2)9-6-4-5-7-12-18-14-17-11-8-10-16(3)13-17/h8,10-11,13,15,18H,4-7,9,12,14H2,1-3H3. The highest BCUT2D eigenvalue weighted by Crippen LogP contribution is 2.09. The highest BCUT2D eigenvalue weighted by atomic mass is 14.8. The minimum Gasteiger partial charge on any atom is -0.313 e. The van der Waals surface area contributed by atoms with E-state index in [9.17, 15) is 0 Å². The second-order valence-corrected chi connectivity index (χ2v) is 5.76. The van der Waals surface area contributed by atoms with Crippen LogP contribution in [0.1, 0.15) is 57.1 Å². The van der Waals surface area contributed by atoms with E-state index in [4.69, 9.17) is 0 Å². The number of aryl methyl sites for hydroxylation is 1. The lowest BCUT2D eigenvalue weighted by atomic mass is 10.0. The van der Waals surface area contributed by atoms with E-state index in [0.717, 1.165) is 19.0 Å². The molecule has 0 bridgehead atoms. The summed E-state index contributed by atoms with van der Waals surface area (Å²) in [5.41, 5.74) is 2.75. The molecule has 1 nitrogen and oxygen atoms in total. The van der Waals surface area contributed by atoms with E-state index in [1.54, 1.807) is 0 Å². The van der Waals surface area contributed by atoms with Crippen molar-refractivity contribution in [3.8, 4) is 0 Å². The molecular weight excluding hydrogens is 218 g/mol. The smallest absolute Gasteiger partial charge is 0.0205 e. The monoisotopic (exact) mass is 247 g/mol. The largest absolute Gasteiger partial charge is 0.313 e. The van der Waals surface area contributed by atoms with E-state index in [1.165, 1.54) is 43.2 Å². The summed E-state index contributed by atoms with van der Waals surface area (Å²) in [7, 11) is 0. The molecule has 0 amide bonds. The molecule has 102 valence electrons. The van der Waals surface area contributed by atoms with Crippen LogP contribution < -0.4 is 5.32 Å². The Morgan fingerprint density at radius 1 is 1.06 bits per heavy atom. The second-order valence-electron chi connectivity index (χ2n) is 5.76. The molecule has 0 radical (unpaired) electrons. The van der Waals surface area contributed by atoms with Gasteiger partial charge in [0.15, 0.2) is 0 Å². The highest BCUT2D eigenvalue weighted by Gasteiger charge is 1.95. The molecule has 0 saturated heterocycles. The average Bonchev–Trinajstić information content (AvgIpc) is 2.32. The first-order chi connectivity index (χ1) is 8.68. The number of rotatable bonds is 9. The van der Waals surface area contributed by atoms with Gasteiger partial charge in [-0.05, 0) is 31.4 Å². The van der Waals surface area contributed by atoms with Gasteiger partial charge in [-0.3, -0.25) is 0 Å². The Morgan fingerprint density at radius 3 is 2.56 bits per heavy atom. The molecular formula is C17H29N. The predicted octanol–water partition coefficient (Wildman–Crippen LogP) is 4.69. The number of hydrogen-bond donors (Lipinski definition) is 1. The van der Waals surface area contributed by atoms with Gasteiger partial charge >= 0.3 is 0 Å². The van der Waals surface area contributed by atoms with Crippen LogP contribution in [0.5, 0.6) is 0 Å². The number of hydrogen-bond acceptors (Lipinski definition) is 1. The predicted molar refractivity (Wildman–Crippen MR) is 80.8 cm³/mol. The lowest BCUT2D eigenvalue weighted by molar-refractivity contribution is 0.512. The minimum atomic E-state index is 0.865. The van der Waals surface area contributed by atoms with E-state index < -0.39 is 0 Å². The topological polar surface area (TPSA) is 12.0 Å². The van der Waals surface area contributed by atoms with Gasteiger partial charge in [0, 0.05) is 6.54 Å². The summed E-state index contributed by atoms with van der Waals surface area (Å²) in [4.78, 5) is 0. The van der Waals surface area contributed by atoms with E-state index in [-0.39, 0.29) is 0 Å². The van der Waals surface area contributed by atoms with Gasteiger partial charge in [0.25, 0.3) is 0 Å². The molecule has 0 unspecified atom stereocenters. The molecule has 1 rings (SSSR count). The number of benzene rings is 1. The first-order valence-electron chi connectivity index (χ1n) is 7.44. The van der Waals surface area contributed by atoms with Crippen LogP contribution in [-0.2, 0) is 6.54 Å². The maximum atomic E-state index is 3.53. The van der Waals surface area contributed by atoms with Gasteiger partial charge in [-0.15, -0.1) is 0 Å². The Bertz CT molecular complexity index is 317. The van der Waals surface area contributed by atoms with Gasteiger partial charge in [0.1, 0.15) is 0 Å². The summed E-state index contributed by atoms with van der Waals surface area (Å²) in [5, 5.41) is 3.53. The Kier molecular flexibility index (Phi) is 7.75. The fourth-order valence-corrected chi connectivity index (χ4v) is 2.21. The SMILES string of the molecule is Cc1cccc(CNCCCCCCC(C)C)c1. The molecule has 0 fully saturated rings. The van der Waals surface area contributed by atoms with Gasteiger partial charge in [-0.1, -0.05) is 69.4 Å². The van der Waals surface area contributed by atoms with Gasteiger partial charge in [-0.25, -0.2) is 0 Å². The zero-order chi connectivity index (χ0) is 13.2. The molecule has 1 aromatic rings. The van der Waals surface area contributed by atoms with Crippen molar-refractivity contribution >= 4 is 0 Å². The summed E-state index contributed by atoms with van der Waals surface area (Å²) in [6.45, 7) is 8.92. The molecule has 0 atom stereocenters. The van der Waals surface area contributed by atoms with E-state index >= 15 is 0 Å². The molecule has 0 aromatic heterocycles. The van der Waals surface area contributed by atoms with Crippen molar-refractivity contribution < 1.29 is 0 Å². The van der Waals surface area contributed by atoms with Gasteiger partial charge < -0.3 is 5.32 Å². The molecule has 0 aliphatic heterocycles. The first-order valence-corrected chi connectivity index (χ1v) is 7.44. The van der Waals surface area contributed by atoms with Crippen molar-refractivity contribution in [1.82, 2.24) is 5.32 Å². The van der Waals surface area contributed by atoms with Crippen molar-refractivity contribution in [3.05, 3.63) is 35.4 Å². The zero-order valence-electron chi connectivity index (χ0n) is 12.3. The molecule has 1 N–H and O–H groups in total. The fraction of sp³-hybridized carbons (Fsp3) is 0.647. The Morgan fingerprint density at radius 2 is 1.83 bits per heavy atom. The van der Waals surface area contributed by atoms with Crippen molar-refractivity contribution in [2.24, 2.45) is 5.92 Å². The number of nitrogens with one attached hydrogen (secondary N) is 1. The first kappa shape index (κ1) is 15.2. The Balaban J connectivity index is 1.96. The Labute approximate surface area is 113 Å². The number of unbranched alkanes of at least 4 members (excludes halogenated alkanes) is 3. The molecule has 0 saturated carbocycles. The van der Waals surface area contributed by atoms with E-state index in [2.05, 4.69) is 50.4 Å². The van der Waals surface area contributed by atoms with Gasteiger partial charge in [-0.2, -0.15) is 0 Å². The molecule has 18 heavy (non-hydrogen) atoms. The van der Waals surface area contributed by atoms with Crippen LogP contribution in [0.15, 0.2) is 24.3 Å². The molecule has 1 heteroatoms. The molecule has 0 heterocycles. The molecule has 0 aliphatic carbocycles. The van der Waals surface area contributed by atoms with Crippen LogP contribution in [0.3, 0.4) is 0 Å². The van der Waals surface area contributed by atoms with E-state index in [0.29, 0.717) is 0 Å². The second kappa shape index (κ2) is 9.16. The summed E-state index contributed by atoms with van der Waals surface area (Å²) in [5.74, 6) is 0.865.